The van der Waals surface area contributed by atoms with E-state index in [2.05, 4.69) is 4.98 Å². The first-order valence-corrected chi connectivity index (χ1v) is 6.05. The summed E-state index contributed by atoms with van der Waals surface area (Å²) in [5.74, 6) is -1.11. The highest BCUT2D eigenvalue weighted by Crippen LogP contribution is 2.20. The normalized spacial score (nSPS) is 11.1. The van der Waals surface area contributed by atoms with Gasteiger partial charge in [0, 0.05) is 0 Å². The van der Waals surface area contributed by atoms with E-state index in [9.17, 15) is 9.59 Å². The van der Waals surface area contributed by atoms with Gasteiger partial charge in [-0.05, 0) is 37.6 Å². The zero-order valence-electron chi connectivity index (χ0n) is 10.9. The van der Waals surface area contributed by atoms with Crippen LogP contribution in [0.15, 0.2) is 33.5 Å². The molecule has 3 rings (SSSR count). The van der Waals surface area contributed by atoms with E-state index in [-0.39, 0.29) is 22.1 Å². The number of carboxylic acid groups (broad SMARTS) is 1. The average molecular weight is 269 g/mol. The van der Waals surface area contributed by atoms with Crippen LogP contribution in [0.3, 0.4) is 0 Å². The Kier molecular flexibility index (Phi) is 2.57. The lowest BCUT2D eigenvalue weighted by Gasteiger charge is -2.04. The largest absolute Gasteiger partial charge is 0.478 e. The van der Waals surface area contributed by atoms with Crippen LogP contribution in [0.1, 0.15) is 21.6 Å². The van der Waals surface area contributed by atoms with Gasteiger partial charge >= 0.3 is 5.97 Å². The van der Waals surface area contributed by atoms with E-state index < -0.39 is 5.97 Å². The van der Waals surface area contributed by atoms with Gasteiger partial charge in [0.15, 0.2) is 0 Å². The van der Waals surface area contributed by atoms with Crippen LogP contribution in [0.2, 0.25) is 0 Å². The van der Waals surface area contributed by atoms with Crippen LogP contribution in [0, 0.1) is 13.8 Å². The lowest BCUT2D eigenvalue weighted by Crippen LogP contribution is -2.08. The van der Waals surface area contributed by atoms with E-state index in [0.717, 1.165) is 5.56 Å². The molecular formula is C15H11NO4. The monoisotopic (exact) mass is 269 g/mol. The molecule has 0 saturated carbocycles. The molecule has 2 heterocycles. The molecule has 0 saturated heterocycles. The van der Waals surface area contributed by atoms with Crippen molar-refractivity contribution >= 4 is 28.0 Å². The fourth-order valence-electron chi connectivity index (χ4n) is 2.19. The number of pyridine rings is 1. The standard InChI is InChI=1S/C15H11NO4/c1-7-3-4-9-12(5-7)20-14-11(13(9)17)6-10(15(18)19)8(2)16-14/h3-6H,1-2H3,(H,18,19). The maximum Gasteiger partial charge on any atom is 0.337 e. The van der Waals surface area contributed by atoms with Crippen molar-refractivity contribution < 1.29 is 14.3 Å². The van der Waals surface area contributed by atoms with Crippen molar-refractivity contribution in [1.82, 2.24) is 4.98 Å². The molecule has 0 spiro atoms. The van der Waals surface area contributed by atoms with Gasteiger partial charge in [-0.15, -0.1) is 0 Å². The Morgan fingerprint density at radius 2 is 1.95 bits per heavy atom. The third kappa shape index (κ3) is 1.75. The number of hydrogen-bond acceptors (Lipinski definition) is 4. The minimum Gasteiger partial charge on any atom is -0.478 e. The molecule has 20 heavy (non-hydrogen) atoms. The highest BCUT2D eigenvalue weighted by Gasteiger charge is 2.15. The van der Waals surface area contributed by atoms with E-state index in [4.69, 9.17) is 9.52 Å². The van der Waals surface area contributed by atoms with Crippen molar-refractivity contribution in [2.45, 2.75) is 13.8 Å². The van der Waals surface area contributed by atoms with Crippen LogP contribution in [0.5, 0.6) is 0 Å². The van der Waals surface area contributed by atoms with Gasteiger partial charge in [-0.3, -0.25) is 4.79 Å². The summed E-state index contributed by atoms with van der Waals surface area (Å²) in [6.45, 7) is 3.47. The van der Waals surface area contributed by atoms with E-state index in [1.165, 1.54) is 6.07 Å². The van der Waals surface area contributed by atoms with Crippen molar-refractivity contribution in [3.05, 3.63) is 51.3 Å². The highest BCUT2D eigenvalue weighted by atomic mass is 16.4. The van der Waals surface area contributed by atoms with Crippen LogP contribution in [0.4, 0.5) is 0 Å². The summed E-state index contributed by atoms with van der Waals surface area (Å²) < 4.78 is 5.62. The maximum absolute atomic E-state index is 12.4. The molecule has 5 nitrogen and oxygen atoms in total. The number of aromatic nitrogens is 1. The number of benzene rings is 1. The lowest BCUT2D eigenvalue weighted by molar-refractivity contribution is 0.0696. The third-order valence-corrected chi connectivity index (χ3v) is 3.24. The summed E-state index contributed by atoms with van der Waals surface area (Å²) in [5, 5.41) is 9.70. The number of fused-ring (bicyclic) bond motifs is 2. The first-order valence-electron chi connectivity index (χ1n) is 6.05. The van der Waals surface area contributed by atoms with Gasteiger partial charge in [-0.2, -0.15) is 0 Å². The molecule has 0 amide bonds. The molecule has 5 heteroatoms. The van der Waals surface area contributed by atoms with E-state index in [0.29, 0.717) is 16.7 Å². The van der Waals surface area contributed by atoms with Crippen LogP contribution in [0.25, 0.3) is 22.1 Å². The van der Waals surface area contributed by atoms with Gasteiger partial charge in [0.05, 0.1) is 22.0 Å². The molecular weight excluding hydrogens is 258 g/mol. The molecule has 0 fully saturated rings. The summed E-state index contributed by atoms with van der Waals surface area (Å²) >= 11 is 0. The van der Waals surface area contributed by atoms with Crippen molar-refractivity contribution in [2.24, 2.45) is 0 Å². The summed E-state index contributed by atoms with van der Waals surface area (Å²) in [4.78, 5) is 27.6. The Morgan fingerprint density at radius 1 is 1.20 bits per heavy atom. The van der Waals surface area contributed by atoms with Crippen LogP contribution in [-0.4, -0.2) is 16.1 Å². The smallest absolute Gasteiger partial charge is 0.337 e. The lowest BCUT2D eigenvalue weighted by atomic mass is 10.1. The number of rotatable bonds is 1. The minimum absolute atomic E-state index is 0.0104. The van der Waals surface area contributed by atoms with Crippen molar-refractivity contribution in [3.63, 3.8) is 0 Å². The van der Waals surface area contributed by atoms with Crippen LogP contribution in [-0.2, 0) is 0 Å². The second kappa shape index (κ2) is 4.16. The number of aromatic carboxylic acids is 1. The number of carbonyl (C=O) groups is 1. The molecule has 2 aromatic heterocycles. The molecule has 100 valence electrons. The molecule has 0 unspecified atom stereocenters. The zero-order valence-corrected chi connectivity index (χ0v) is 10.9. The van der Waals surface area contributed by atoms with Crippen LogP contribution < -0.4 is 5.43 Å². The number of nitrogens with zero attached hydrogens (tertiary/aromatic N) is 1. The third-order valence-electron chi connectivity index (χ3n) is 3.24. The molecule has 1 N–H and O–H groups in total. The molecule has 0 bridgehead atoms. The van der Waals surface area contributed by atoms with Gasteiger partial charge in [-0.25, -0.2) is 9.78 Å². The molecule has 0 aliphatic carbocycles. The predicted octanol–water partition coefficient (Wildman–Crippen LogP) is 2.66. The first kappa shape index (κ1) is 12.3. The summed E-state index contributed by atoms with van der Waals surface area (Å²) in [7, 11) is 0. The molecule has 3 aromatic rings. The number of carboxylic acids is 1. The average Bonchev–Trinajstić information content (AvgIpc) is 2.37. The van der Waals surface area contributed by atoms with Gasteiger partial charge in [0.2, 0.25) is 11.1 Å². The summed E-state index contributed by atoms with van der Waals surface area (Å²) in [6.07, 6.45) is 0. The first-order chi connectivity index (χ1) is 9.47. The molecule has 0 atom stereocenters. The highest BCUT2D eigenvalue weighted by molar-refractivity contribution is 5.95. The van der Waals surface area contributed by atoms with Crippen molar-refractivity contribution in [1.29, 1.82) is 0 Å². The Labute approximate surface area is 113 Å². The Bertz CT molecular complexity index is 924. The molecule has 0 aliphatic rings. The topological polar surface area (TPSA) is 80.4 Å². The molecule has 1 aromatic carbocycles. The van der Waals surface area contributed by atoms with Crippen molar-refractivity contribution in [3.8, 4) is 0 Å². The molecule has 0 aliphatic heterocycles. The van der Waals surface area contributed by atoms with E-state index >= 15 is 0 Å². The van der Waals surface area contributed by atoms with E-state index in [1.54, 1.807) is 19.1 Å². The SMILES string of the molecule is Cc1ccc2c(=O)c3cc(C(=O)O)c(C)nc3oc2c1. The van der Waals surface area contributed by atoms with Gasteiger partial charge in [0.25, 0.3) is 0 Å². The Hall–Kier alpha value is -2.69. The fourth-order valence-corrected chi connectivity index (χ4v) is 2.19. The van der Waals surface area contributed by atoms with Crippen molar-refractivity contribution in [2.75, 3.05) is 0 Å². The summed E-state index contributed by atoms with van der Waals surface area (Å²) in [5.41, 5.74) is 1.65. The minimum atomic E-state index is -1.11. The Morgan fingerprint density at radius 3 is 2.65 bits per heavy atom. The zero-order chi connectivity index (χ0) is 14.4. The molecule has 0 radical (unpaired) electrons. The van der Waals surface area contributed by atoms with Gasteiger partial charge in [0.1, 0.15) is 5.58 Å². The van der Waals surface area contributed by atoms with Crippen LogP contribution >= 0.6 is 0 Å². The predicted molar refractivity (Wildman–Crippen MR) is 74.2 cm³/mol. The Balaban J connectivity index is 2.50. The summed E-state index contributed by atoms with van der Waals surface area (Å²) in [6, 6.07) is 6.57. The number of hydrogen-bond donors (Lipinski definition) is 1. The maximum atomic E-state index is 12.4. The van der Waals surface area contributed by atoms with Gasteiger partial charge in [-0.1, -0.05) is 6.07 Å². The van der Waals surface area contributed by atoms with E-state index in [1.807, 2.05) is 13.0 Å². The fraction of sp³-hybridized carbons (Fsp3) is 0.133. The van der Waals surface area contributed by atoms with Gasteiger partial charge < -0.3 is 9.52 Å². The second-order valence-electron chi connectivity index (χ2n) is 4.71. The second-order valence-corrected chi connectivity index (χ2v) is 4.71. The number of aryl methyl sites for hydroxylation is 2. The quantitative estimate of drug-likeness (QED) is 0.687.